The third kappa shape index (κ3) is 4.33. The lowest BCUT2D eigenvalue weighted by molar-refractivity contribution is 0.494. The van der Waals surface area contributed by atoms with Crippen LogP contribution >= 0.6 is 11.8 Å². The van der Waals surface area contributed by atoms with Crippen LogP contribution in [0.1, 0.15) is 26.7 Å². The average Bonchev–Trinajstić information content (AvgIpc) is 2.76. The van der Waals surface area contributed by atoms with Gasteiger partial charge < -0.3 is 10.2 Å². The molecule has 88 valence electrons. The summed E-state index contributed by atoms with van der Waals surface area (Å²) in [5.74, 6) is 1.11. The molecule has 0 aromatic rings. The molecule has 0 aromatic heterocycles. The molecule has 0 radical (unpaired) electrons. The van der Waals surface area contributed by atoms with E-state index in [0.29, 0.717) is 5.25 Å². The first-order chi connectivity index (χ1) is 7.27. The van der Waals surface area contributed by atoms with E-state index in [1.165, 1.54) is 25.9 Å². The van der Waals surface area contributed by atoms with Gasteiger partial charge in [0, 0.05) is 24.9 Å². The van der Waals surface area contributed by atoms with Crippen LogP contribution < -0.4 is 5.32 Å². The number of rotatable bonds is 4. The van der Waals surface area contributed by atoms with Crippen molar-refractivity contribution in [3.63, 3.8) is 0 Å². The Hall–Kier alpha value is -0.380. The first-order valence-electron chi connectivity index (χ1n) is 5.84. The third-order valence-electron chi connectivity index (χ3n) is 2.64. The molecule has 1 unspecified atom stereocenters. The fourth-order valence-corrected chi connectivity index (χ4v) is 1.87. The number of nitrogens with zero attached hydrogens (tertiary/aromatic N) is 2. The lowest BCUT2D eigenvalue weighted by Gasteiger charge is -2.21. The summed E-state index contributed by atoms with van der Waals surface area (Å²) in [6.07, 6.45) is 4.76. The first-order valence-corrected chi connectivity index (χ1v) is 7.12. The van der Waals surface area contributed by atoms with Crippen LogP contribution in [-0.2, 0) is 0 Å². The molecule has 1 aliphatic rings. The standard InChI is InChI=1S/C11H23N3S/c1-4-12-11(13-9-10(2)15-3)14-7-5-6-8-14/h10H,4-9H2,1-3H3,(H,12,13). The Balaban J connectivity index is 2.47. The average molecular weight is 229 g/mol. The van der Waals surface area contributed by atoms with Crippen molar-refractivity contribution in [3.8, 4) is 0 Å². The summed E-state index contributed by atoms with van der Waals surface area (Å²) in [6, 6.07) is 0. The van der Waals surface area contributed by atoms with Gasteiger partial charge >= 0.3 is 0 Å². The summed E-state index contributed by atoms with van der Waals surface area (Å²) < 4.78 is 0. The Kier molecular flexibility index (Phi) is 5.91. The van der Waals surface area contributed by atoms with Gasteiger partial charge in [0.1, 0.15) is 0 Å². The maximum Gasteiger partial charge on any atom is 0.193 e. The summed E-state index contributed by atoms with van der Waals surface area (Å²) in [5, 5.41) is 3.98. The molecular weight excluding hydrogens is 206 g/mol. The number of hydrogen-bond acceptors (Lipinski definition) is 2. The van der Waals surface area contributed by atoms with E-state index in [0.717, 1.165) is 19.0 Å². The van der Waals surface area contributed by atoms with E-state index >= 15 is 0 Å². The molecule has 15 heavy (non-hydrogen) atoms. The van der Waals surface area contributed by atoms with Crippen molar-refractivity contribution in [1.29, 1.82) is 0 Å². The molecule has 0 aliphatic carbocycles. The Morgan fingerprint density at radius 2 is 2.13 bits per heavy atom. The second kappa shape index (κ2) is 6.99. The summed E-state index contributed by atoms with van der Waals surface area (Å²) in [4.78, 5) is 7.05. The third-order valence-corrected chi connectivity index (χ3v) is 3.59. The lowest BCUT2D eigenvalue weighted by Crippen LogP contribution is -2.39. The zero-order chi connectivity index (χ0) is 11.1. The van der Waals surface area contributed by atoms with Crippen molar-refractivity contribution in [2.75, 3.05) is 32.4 Å². The number of thioether (sulfide) groups is 1. The second-order valence-electron chi connectivity index (χ2n) is 3.94. The fraction of sp³-hybridized carbons (Fsp3) is 0.909. The highest BCUT2D eigenvalue weighted by atomic mass is 32.2. The Bertz CT molecular complexity index is 200. The van der Waals surface area contributed by atoms with Crippen molar-refractivity contribution >= 4 is 17.7 Å². The van der Waals surface area contributed by atoms with E-state index in [9.17, 15) is 0 Å². The molecule has 1 saturated heterocycles. The first kappa shape index (κ1) is 12.7. The molecule has 0 spiro atoms. The highest BCUT2D eigenvalue weighted by molar-refractivity contribution is 7.99. The molecule has 1 N–H and O–H groups in total. The van der Waals surface area contributed by atoms with Crippen LogP contribution in [0.25, 0.3) is 0 Å². The molecular formula is C11H23N3S. The van der Waals surface area contributed by atoms with Crippen molar-refractivity contribution in [2.45, 2.75) is 31.9 Å². The van der Waals surface area contributed by atoms with Crippen LogP contribution in [0.15, 0.2) is 4.99 Å². The molecule has 1 atom stereocenters. The van der Waals surface area contributed by atoms with E-state index in [1.807, 2.05) is 11.8 Å². The SMILES string of the molecule is CCNC(=NCC(C)SC)N1CCCC1. The van der Waals surface area contributed by atoms with Crippen LogP contribution in [0.2, 0.25) is 0 Å². The number of aliphatic imine (C=N–C) groups is 1. The van der Waals surface area contributed by atoms with E-state index in [-0.39, 0.29) is 0 Å². The van der Waals surface area contributed by atoms with Crippen LogP contribution in [0.5, 0.6) is 0 Å². The summed E-state index contributed by atoms with van der Waals surface area (Å²) in [7, 11) is 0. The molecule has 4 heteroatoms. The second-order valence-corrected chi connectivity index (χ2v) is 5.21. The van der Waals surface area contributed by atoms with Gasteiger partial charge in [-0.05, 0) is 26.0 Å². The topological polar surface area (TPSA) is 27.6 Å². The minimum atomic E-state index is 0.612. The predicted octanol–water partition coefficient (Wildman–Crippen LogP) is 1.80. The van der Waals surface area contributed by atoms with Gasteiger partial charge in [0.25, 0.3) is 0 Å². The highest BCUT2D eigenvalue weighted by Gasteiger charge is 2.15. The largest absolute Gasteiger partial charge is 0.357 e. The Morgan fingerprint density at radius 3 is 2.67 bits per heavy atom. The molecule has 1 rings (SSSR count). The van der Waals surface area contributed by atoms with Gasteiger partial charge in [-0.1, -0.05) is 6.92 Å². The van der Waals surface area contributed by atoms with Gasteiger partial charge in [0.15, 0.2) is 5.96 Å². The monoisotopic (exact) mass is 229 g/mol. The van der Waals surface area contributed by atoms with Gasteiger partial charge in [-0.15, -0.1) is 0 Å². The van der Waals surface area contributed by atoms with Crippen molar-refractivity contribution in [2.24, 2.45) is 4.99 Å². The quantitative estimate of drug-likeness (QED) is 0.588. The minimum absolute atomic E-state index is 0.612. The molecule has 0 aromatic carbocycles. The molecule has 0 saturated carbocycles. The van der Waals surface area contributed by atoms with Crippen molar-refractivity contribution in [1.82, 2.24) is 10.2 Å². The molecule has 0 amide bonds. The van der Waals surface area contributed by atoms with Crippen LogP contribution in [0.4, 0.5) is 0 Å². The normalized spacial score (nSPS) is 19.4. The zero-order valence-corrected chi connectivity index (χ0v) is 10.9. The highest BCUT2D eigenvalue weighted by Crippen LogP contribution is 2.09. The predicted molar refractivity (Wildman–Crippen MR) is 69.8 cm³/mol. The van der Waals surface area contributed by atoms with Gasteiger partial charge in [-0.2, -0.15) is 11.8 Å². The maximum absolute atomic E-state index is 4.68. The number of nitrogens with one attached hydrogen (secondary N) is 1. The Labute approximate surface area is 97.7 Å². The number of hydrogen-bond donors (Lipinski definition) is 1. The van der Waals surface area contributed by atoms with Crippen LogP contribution in [0.3, 0.4) is 0 Å². The molecule has 0 bridgehead atoms. The minimum Gasteiger partial charge on any atom is -0.357 e. The summed E-state index contributed by atoms with van der Waals surface area (Å²) in [5.41, 5.74) is 0. The maximum atomic E-state index is 4.68. The fourth-order valence-electron chi connectivity index (χ4n) is 1.64. The lowest BCUT2D eigenvalue weighted by atomic mass is 10.4. The van der Waals surface area contributed by atoms with Gasteiger partial charge in [-0.3, -0.25) is 4.99 Å². The van der Waals surface area contributed by atoms with Gasteiger partial charge in [0.2, 0.25) is 0 Å². The van der Waals surface area contributed by atoms with Crippen LogP contribution in [0, 0.1) is 0 Å². The molecule has 1 heterocycles. The zero-order valence-electron chi connectivity index (χ0n) is 10.1. The van der Waals surface area contributed by atoms with Gasteiger partial charge in [-0.25, -0.2) is 0 Å². The van der Waals surface area contributed by atoms with E-state index in [4.69, 9.17) is 0 Å². The summed E-state index contributed by atoms with van der Waals surface area (Å²) in [6.45, 7) is 8.56. The van der Waals surface area contributed by atoms with Crippen molar-refractivity contribution < 1.29 is 0 Å². The number of likely N-dealkylation sites (tertiary alicyclic amines) is 1. The summed E-state index contributed by atoms with van der Waals surface area (Å²) >= 11 is 1.87. The van der Waals surface area contributed by atoms with Gasteiger partial charge in [0.05, 0.1) is 6.54 Å². The molecule has 1 aliphatic heterocycles. The van der Waals surface area contributed by atoms with Crippen molar-refractivity contribution in [3.05, 3.63) is 0 Å². The van der Waals surface area contributed by atoms with E-state index in [1.54, 1.807) is 0 Å². The molecule has 3 nitrogen and oxygen atoms in total. The Morgan fingerprint density at radius 1 is 1.47 bits per heavy atom. The smallest absolute Gasteiger partial charge is 0.193 e. The van der Waals surface area contributed by atoms with Crippen LogP contribution in [-0.4, -0.2) is 48.5 Å². The van der Waals surface area contributed by atoms with E-state index < -0.39 is 0 Å². The van der Waals surface area contributed by atoms with E-state index in [2.05, 4.69) is 35.3 Å². The number of guanidine groups is 1. The molecule has 1 fully saturated rings.